The highest BCUT2D eigenvalue weighted by Gasteiger charge is 2.16. The minimum absolute atomic E-state index is 0.317. The van der Waals surface area contributed by atoms with Gasteiger partial charge in [0.15, 0.2) is 10.7 Å². The molecule has 2 rings (SSSR count). The maximum Gasteiger partial charge on any atom is 0.360 e. The standard InChI is InChI=1S/C10H9BrN2O2/c1-6(11)15-10(14)9-7-4-2-3-5-8(7)12-13-9/h2-6H,1H3,(H,12,13). The van der Waals surface area contributed by atoms with Crippen molar-refractivity contribution >= 4 is 32.8 Å². The van der Waals surface area contributed by atoms with E-state index in [2.05, 4.69) is 26.1 Å². The molecule has 1 aromatic carbocycles. The molecule has 1 heterocycles. The molecule has 15 heavy (non-hydrogen) atoms. The number of aromatic amines is 1. The predicted molar refractivity (Wildman–Crippen MR) is 59.9 cm³/mol. The second-order valence-corrected chi connectivity index (χ2v) is 4.36. The van der Waals surface area contributed by atoms with Crippen molar-refractivity contribution in [1.82, 2.24) is 10.2 Å². The van der Waals surface area contributed by atoms with E-state index < -0.39 is 5.97 Å². The Hall–Kier alpha value is -1.36. The average molecular weight is 269 g/mol. The van der Waals surface area contributed by atoms with Crippen molar-refractivity contribution in [3.8, 4) is 0 Å². The quantitative estimate of drug-likeness (QED) is 0.673. The Kier molecular flexibility index (Phi) is 2.73. The lowest BCUT2D eigenvalue weighted by Crippen LogP contribution is -2.10. The summed E-state index contributed by atoms with van der Waals surface area (Å²) in [5.74, 6) is -0.433. The van der Waals surface area contributed by atoms with Gasteiger partial charge >= 0.3 is 5.97 Å². The Labute approximate surface area is 94.7 Å². The van der Waals surface area contributed by atoms with Crippen molar-refractivity contribution < 1.29 is 9.53 Å². The summed E-state index contributed by atoms with van der Waals surface area (Å²) in [7, 11) is 0. The number of aromatic nitrogens is 2. The van der Waals surface area contributed by atoms with E-state index >= 15 is 0 Å². The van der Waals surface area contributed by atoms with Gasteiger partial charge in [-0.25, -0.2) is 4.79 Å². The van der Waals surface area contributed by atoms with Crippen molar-refractivity contribution in [3.05, 3.63) is 30.0 Å². The molecule has 1 aromatic heterocycles. The minimum Gasteiger partial charge on any atom is -0.446 e. The summed E-state index contributed by atoms with van der Waals surface area (Å²) in [5, 5.41) is 7.16. The Morgan fingerprint density at radius 1 is 1.53 bits per heavy atom. The molecule has 1 atom stereocenters. The van der Waals surface area contributed by atoms with E-state index in [0.29, 0.717) is 5.69 Å². The molecule has 0 aliphatic rings. The van der Waals surface area contributed by atoms with Gasteiger partial charge in [-0.3, -0.25) is 5.10 Å². The van der Waals surface area contributed by atoms with E-state index in [4.69, 9.17) is 4.74 Å². The van der Waals surface area contributed by atoms with Gasteiger partial charge in [0, 0.05) is 5.39 Å². The first-order valence-corrected chi connectivity index (χ1v) is 5.38. The van der Waals surface area contributed by atoms with Crippen LogP contribution in [0.25, 0.3) is 10.9 Å². The van der Waals surface area contributed by atoms with Gasteiger partial charge in [0.2, 0.25) is 0 Å². The van der Waals surface area contributed by atoms with Gasteiger partial charge in [0.1, 0.15) is 0 Å². The van der Waals surface area contributed by atoms with Crippen LogP contribution in [-0.4, -0.2) is 21.2 Å². The number of benzene rings is 1. The summed E-state index contributed by atoms with van der Waals surface area (Å²) >= 11 is 3.14. The number of ether oxygens (including phenoxy) is 1. The van der Waals surface area contributed by atoms with Gasteiger partial charge in [0.25, 0.3) is 0 Å². The molecule has 1 N–H and O–H groups in total. The molecule has 0 bridgehead atoms. The van der Waals surface area contributed by atoms with Crippen molar-refractivity contribution in [1.29, 1.82) is 0 Å². The maximum absolute atomic E-state index is 11.6. The molecule has 0 spiro atoms. The normalized spacial score (nSPS) is 12.7. The first-order chi connectivity index (χ1) is 7.18. The van der Waals surface area contributed by atoms with Gasteiger partial charge in [-0.1, -0.05) is 18.2 Å². The van der Waals surface area contributed by atoms with Crippen molar-refractivity contribution in [2.24, 2.45) is 0 Å². The molecule has 4 nitrogen and oxygen atoms in total. The molecule has 0 saturated heterocycles. The number of carbonyl (C=O) groups is 1. The smallest absolute Gasteiger partial charge is 0.360 e. The number of halogens is 1. The molecule has 0 aliphatic carbocycles. The number of nitrogens with zero attached hydrogens (tertiary/aromatic N) is 1. The lowest BCUT2D eigenvalue weighted by Gasteiger charge is -2.03. The Morgan fingerprint density at radius 2 is 2.27 bits per heavy atom. The monoisotopic (exact) mass is 268 g/mol. The number of hydrogen-bond donors (Lipinski definition) is 1. The van der Waals surface area contributed by atoms with Gasteiger partial charge in [-0.15, -0.1) is 0 Å². The molecule has 0 amide bonds. The summed E-state index contributed by atoms with van der Waals surface area (Å²) in [4.78, 5) is 11.6. The van der Waals surface area contributed by atoms with Crippen LogP contribution in [0.15, 0.2) is 24.3 Å². The van der Waals surface area contributed by atoms with Gasteiger partial charge in [-0.2, -0.15) is 5.10 Å². The zero-order valence-corrected chi connectivity index (χ0v) is 9.61. The minimum atomic E-state index is -0.433. The summed E-state index contributed by atoms with van der Waals surface area (Å²) < 4.78 is 5.00. The number of hydrogen-bond acceptors (Lipinski definition) is 3. The van der Waals surface area contributed by atoms with Crippen molar-refractivity contribution in [3.63, 3.8) is 0 Å². The molecule has 0 saturated carbocycles. The second-order valence-electron chi connectivity index (χ2n) is 3.07. The van der Waals surface area contributed by atoms with E-state index in [1.165, 1.54) is 0 Å². The number of carbonyl (C=O) groups excluding carboxylic acids is 1. The highest BCUT2D eigenvalue weighted by Crippen LogP contribution is 2.16. The molecule has 78 valence electrons. The third kappa shape index (κ3) is 2.02. The fourth-order valence-corrected chi connectivity index (χ4v) is 1.49. The lowest BCUT2D eigenvalue weighted by molar-refractivity contribution is 0.0486. The summed E-state index contributed by atoms with van der Waals surface area (Å²) in [6.45, 7) is 1.73. The maximum atomic E-state index is 11.6. The Morgan fingerprint density at radius 3 is 3.00 bits per heavy atom. The SMILES string of the molecule is CC(Br)OC(=O)c1n[nH]c2ccccc12. The number of alkyl halides is 1. The second kappa shape index (κ2) is 4.02. The number of H-pyrrole nitrogens is 1. The molecule has 0 aliphatic heterocycles. The highest BCUT2D eigenvalue weighted by atomic mass is 79.9. The lowest BCUT2D eigenvalue weighted by atomic mass is 10.2. The van der Waals surface area contributed by atoms with Crippen molar-refractivity contribution in [2.45, 2.75) is 11.9 Å². The van der Waals surface area contributed by atoms with Crippen LogP contribution in [0.3, 0.4) is 0 Å². The Balaban J connectivity index is 2.40. The first kappa shape index (κ1) is 10.2. The molecular formula is C10H9BrN2O2. The van der Waals surface area contributed by atoms with E-state index in [0.717, 1.165) is 10.9 Å². The van der Waals surface area contributed by atoms with Crippen molar-refractivity contribution in [2.75, 3.05) is 0 Å². The largest absolute Gasteiger partial charge is 0.446 e. The van der Waals surface area contributed by atoms with Gasteiger partial charge in [-0.05, 0) is 28.9 Å². The van der Waals surface area contributed by atoms with Crippen LogP contribution >= 0.6 is 15.9 Å². The van der Waals surface area contributed by atoms with E-state index in [-0.39, 0.29) is 5.01 Å². The fraction of sp³-hybridized carbons (Fsp3) is 0.200. The van der Waals surface area contributed by atoms with Crippen LogP contribution in [-0.2, 0) is 4.74 Å². The summed E-state index contributed by atoms with van der Waals surface area (Å²) in [6.07, 6.45) is 0. The molecule has 5 heteroatoms. The fourth-order valence-electron chi connectivity index (χ4n) is 1.32. The van der Waals surface area contributed by atoms with Gasteiger partial charge < -0.3 is 4.74 Å². The molecule has 2 aromatic rings. The van der Waals surface area contributed by atoms with E-state index in [9.17, 15) is 4.79 Å². The molecule has 0 fully saturated rings. The summed E-state index contributed by atoms with van der Waals surface area (Å²) in [6, 6.07) is 7.42. The highest BCUT2D eigenvalue weighted by molar-refractivity contribution is 9.09. The molecular weight excluding hydrogens is 260 g/mol. The molecule has 1 unspecified atom stereocenters. The van der Waals surface area contributed by atoms with Crippen LogP contribution in [0.1, 0.15) is 17.4 Å². The topological polar surface area (TPSA) is 55.0 Å². The van der Waals surface area contributed by atoms with Crippen LogP contribution < -0.4 is 0 Å². The summed E-state index contributed by atoms with van der Waals surface area (Å²) in [5.41, 5.74) is 1.14. The van der Waals surface area contributed by atoms with Gasteiger partial charge in [0.05, 0.1) is 5.52 Å². The van der Waals surface area contributed by atoms with Crippen LogP contribution in [0, 0.1) is 0 Å². The zero-order valence-electron chi connectivity index (χ0n) is 8.03. The Bertz CT molecular complexity index is 493. The number of nitrogens with one attached hydrogen (secondary N) is 1. The number of fused-ring (bicyclic) bond motifs is 1. The predicted octanol–water partition coefficient (Wildman–Crippen LogP) is 2.46. The van der Waals surface area contributed by atoms with E-state index in [1.54, 1.807) is 6.92 Å². The first-order valence-electron chi connectivity index (χ1n) is 4.46. The average Bonchev–Trinajstić information content (AvgIpc) is 2.59. The van der Waals surface area contributed by atoms with Crippen LogP contribution in [0.4, 0.5) is 0 Å². The number of rotatable bonds is 2. The third-order valence-electron chi connectivity index (χ3n) is 1.93. The third-order valence-corrected chi connectivity index (χ3v) is 2.12. The zero-order chi connectivity index (χ0) is 10.8. The van der Waals surface area contributed by atoms with E-state index in [1.807, 2.05) is 24.3 Å². The number of para-hydroxylation sites is 1. The van der Waals surface area contributed by atoms with Crippen LogP contribution in [0.5, 0.6) is 0 Å². The molecule has 0 radical (unpaired) electrons. The van der Waals surface area contributed by atoms with Crippen LogP contribution in [0.2, 0.25) is 0 Å². The number of esters is 1.